The van der Waals surface area contributed by atoms with Crippen molar-refractivity contribution in [2.24, 2.45) is 0 Å². The quantitative estimate of drug-likeness (QED) is 0.401. The monoisotopic (exact) mass is 548 g/mol. The number of morpholine rings is 2. The fourth-order valence-electron chi connectivity index (χ4n) is 3.66. The first-order chi connectivity index (χ1) is 14.4. The average Bonchev–Trinajstić information content (AvgIpc) is 2.72. The molecule has 0 spiro atoms. The van der Waals surface area contributed by atoms with E-state index in [2.05, 4.69) is 41.3 Å². The van der Waals surface area contributed by atoms with Crippen molar-refractivity contribution in [1.82, 2.24) is 9.80 Å². The van der Waals surface area contributed by atoms with Crippen molar-refractivity contribution in [3.05, 3.63) is 21.3 Å². The first-order valence-corrected chi connectivity index (χ1v) is 11.8. The van der Waals surface area contributed by atoms with Crippen molar-refractivity contribution < 1.29 is 23.7 Å². The minimum atomic E-state index is -0.0487. The Kier molecular flexibility index (Phi) is 8.55. The molecule has 2 aliphatic rings. The number of ether oxygens (including phenoxy) is 4. The largest absolute Gasteiger partial charge is 0.490 e. The predicted octanol–water partition coefficient (Wildman–Crippen LogP) is 2.71. The van der Waals surface area contributed by atoms with Gasteiger partial charge in [-0.05, 0) is 55.5 Å². The van der Waals surface area contributed by atoms with Gasteiger partial charge in [-0.1, -0.05) is 12.2 Å². The van der Waals surface area contributed by atoms with Crippen LogP contribution in [0.3, 0.4) is 0 Å². The lowest BCUT2D eigenvalue weighted by Gasteiger charge is -2.37. The summed E-state index contributed by atoms with van der Waals surface area (Å²) in [4.78, 5) is 17.2. The van der Waals surface area contributed by atoms with E-state index in [1.807, 2.05) is 19.1 Å². The first kappa shape index (κ1) is 23.5. The lowest BCUT2D eigenvalue weighted by molar-refractivity contribution is -0.137. The topological polar surface area (TPSA) is 60.5 Å². The van der Waals surface area contributed by atoms with Crippen molar-refractivity contribution in [3.8, 4) is 11.5 Å². The van der Waals surface area contributed by atoms with Crippen molar-refractivity contribution in [1.29, 1.82) is 0 Å². The number of hydrogen-bond donors (Lipinski definition) is 0. The van der Waals surface area contributed by atoms with Crippen LogP contribution in [0.2, 0.25) is 0 Å². The summed E-state index contributed by atoms with van der Waals surface area (Å²) < 4.78 is 23.7. The number of benzene rings is 1. The van der Waals surface area contributed by atoms with Gasteiger partial charge in [-0.15, -0.1) is 0 Å². The van der Waals surface area contributed by atoms with Crippen LogP contribution in [-0.2, 0) is 14.3 Å². The number of carbonyl (C=O) groups is 1. The number of halogens is 1. The van der Waals surface area contributed by atoms with Crippen LogP contribution in [0.1, 0.15) is 26.3 Å². The first-order valence-electron chi connectivity index (χ1n) is 10.3. The molecule has 0 N–H and O–H groups in total. The normalized spacial score (nSPS) is 22.0. The summed E-state index contributed by atoms with van der Waals surface area (Å²) in [6.07, 6.45) is 0.261. The van der Waals surface area contributed by atoms with Crippen LogP contribution >= 0.6 is 34.8 Å². The second-order valence-corrected chi connectivity index (χ2v) is 9.02. The lowest BCUT2D eigenvalue weighted by atomic mass is 10.1. The summed E-state index contributed by atoms with van der Waals surface area (Å²) in [6.45, 7) is 10.4. The maximum absolute atomic E-state index is 12.5. The number of amides is 1. The zero-order chi connectivity index (χ0) is 21.7. The molecule has 0 saturated carbocycles. The molecule has 2 fully saturated rings. The fraction of sp³-hybridized carbons (Fsp3) is 0.619. The molecule has 2 aliphatic heterocycles. The zero-order valence-corrected chi connectivity index (χ0v) is 20.7. The summed E-state index contributed by atoms with van der Waals surface area (Å²) in [5.41, 5.74) is 0.908. The van der Waals surface area contributed by atoms with Gasteiger partial charge in [-0.3, -0.25) is 4.79 Å². The standard InChI is InChI=1S/C21H29IN2O5S/c1-4-27-18-10-16(21(30)24-11-14(2)29-15(3)12-24)9-17(22)20(18)28-13-19(25)23-5-7-26-8-6-23/h9-10,14-15H,4-8,11-13H2,1-3H3/t14-,15-/m1/s1. The van der Waals surface area contributed by atoms with Crippen LogP contribution in [0, 0.1) is 3.57 Å². The van der Waals surface area contributed by atoms with E-state index < -0.39 is 0 Å². The molecule has 1 amide bonds. The molecule has 2 saturated heterocycles. The van der Waals surface area contributed by atoms with E-state index in [9.17, 15) is 4.79 Å². The summed E-state index contributed by atoms with van der Waals surface area (Å²) in [5, 5.41) is 0. The Bertz CT molecular complexity index is 762. The number of rotatable bonds is 6. The molecule has 0 unspecified atom stereocenters. The number of thiocarbonyl (C=S) groups is 1. The van der Waals surface area contributed by atoms with Gasteiger partial charge >= 0.3 is 0 Å². The fourth-order valence-corrected chi connectivity index (χ4v) is 4.68. The Balaban J connectivity index is 1.74. The highest BCUT2D eigenvalue weighted by Gasteiger charge is 2.26. The molecule has 0 aliphatic carbocycles. The molecular formula is C21H29IN2O5S. The summed E-state index contributed by atoms with van der Waals surface area (Å²) in [6, 6.07) is 3.90. The highest BCUT2D eigenvalue weighted by Crippen LogP contribution is 2.35. The lowest BCUT2D eigenvalue weighted by Crippen LogP contribution is -2.47. The van der Waals surface area contributed by atoms with Gasteiger partial charge < -0.3 is 28.7 Å². The molecule has 7 nitrogen and oxygen atoms in total. The van der Waals surface area contributed by atoms with E-state index in [4.69, 9.17) is 31.2 Å². The third kappa shape index (κ3) is 5.95. The number of hydrogen-bond acceptors (Lipinski definition) is 6. The van der Waals surface area contributed by atoms with Crippen LogP contribution in [0.15, 0.2) is 12.1 Å². The van der Waals surface area contributed by atoms with E-state index in [0.29, 0.717) is 44.4 Å². The number of carbonyl (C=O) groups excluding carboxylic acids is 1. The zero-order valence-electron chi connectivity index (χ0n) is 17.7. The smallest absolute Gasteiger partial charge is 0.260 e. The van der Waals surface area contributed by atoms with Gasteiger partial charge in [0.25, 0.3) is 5.91 Å². The van der Waals surface area contributed by atoms with E-state index in [0.717, 1.165) is 27.2 Å². The van der Waals surface area contributed by atoms with E-state index >= 15 is 0 Å². The average molecular weight is 548 g/mol. The third-order valence-corrected chi connectivity index (χ3v) is 6.26. The Morgan fingerprint density at radius 1 is 1.17 bits per heavy atom. The maximum Gasteiger partial charge on any atom is 0.260 e. The van der Waals surface area contributed by atoms with Gasteiger partial charge in [0.2, 0.25) is 0 Å². The second kappa shape index (κ2) is 10.9. The van der Waals surface area contributed by atoms with Crippen molar-refractivity contribution in [3.63, 3.8) is 0 Å². The van der Waals surface area contributed by atoms with Crippen LogP contribution in [0.4, 0.5) is 0 Å². The number of nitrogens with zero attached hydrogens (tertiary/aromatic N) is 2. The van der Waals surface area contributed by atoms with Crippen LogP contribution in [0.25, 0.3) is 0 Å². The molecule has 0 aromatic heterocycles. The molecule has 2 heterocycles. The second-order valence-electron chi connectivity index (χ2n) is 7.47. The summed E-state index contributed by atoms with van der Waals surface area (Å²) in [7, 11) is 0. The third-order valence-electron chi connectivity index (χ3n) is 4.97. The summed E-state index contributed by atoms with van der Waals surface area (Å²) in [5.74, 6) is 1.13. The van der Waals surface area contributed by atoms with Crippen LogP contribution in [-0.4, -0.2) is 85.5 Å². The van der Waals surface area contributed by atoms with Gasteiger partial charge in [0.1, 0.15) is 4.99 Å². The van der Waals surface area contributed by atoms with Crippen molar-refractivity contribution in [2.45, 2.75) is 33.0 Å². The minimum Gasteiger partial charge on any atom is -0.490 e. The minimum absolute atomic E-state index is 0.0294. The molecule has 1 aromatic rings. The van der Waals surface area contributed by atoms with Crippen molar-refractivity contribution in [2.75, 3.05) is 52.6 Å². The molecule has 30 heavy (non-hydrogen) atoms. The van der Waals surface area contributed by atoms with Gasteiger partial charge in [-0.25, -0.2) is 0 Å². The van der Waals surface area contributed by atoms with Gasteiger partial charge in [-0.2, -0.15) is 0 Å². The molecule has 2 atom stereocenters. The Morgan fingerprint density at radius 2 is 1.83 bits per heavy atom. The van der Waals surface area contributed by atoms with E-state index in [1.165, 1.54) is 0 Å². The molecule has 166 valence electrons. The molecule has 0 radical (unpaired) electrons. The van der Waals surface area contributed by atoms with Gasteiger partial charge in [0.15, 0.2) is 18.1 Å². The van der Waals surface area contributed by atoms with Crippen molar-refractivity contribution >= 4 is 45.7 Å². The molecule has 1 aromatic carbocycles. The van der Waals surface area contributed by atoms with Crippen LogP contribution in [0.5, 0.6) is 11.5 Å². The highest BCUT2D eigenvalue weighted by atomic mass is 127. The van der Waals surface area contributed by atoms with Gasteiger partial charge in [0, 0.05) is 31.7 Å². The molecule has 9 heteroatoms. The Hall–Kier alpha value is -1.17. The Morgan fingerprint density at radius 3 is 2.47 bits per heavy atom. The molecule has 3 rings (SSSR count). The van der Waals surface area contributed by atoms with E-state index in [1.54, 1.807) is 4.90 Å². The van der Waals surface area contributed by atoms with Gasteiger partial charge in [0.05, 0.1) is 35.6 Å². The summed E-state index contributed by atoms with van der Waals surface area (Å²) >= 11 is 7.99. The molecular weight excluding hydrogens is 519 g/mol. The Labute approximate surface area is 197 Å². The van der Waals surface area contributed by atoms with E-state index in [-0.39, 0.29) is 24.7 Å². The molecule has 0 bridgehead atoms. The SMILES string of the molecule is CCOc1cc(C(=S)N2C[C@@H](C)O[C@H](C)C2)cc(I)c1OCC(=O)N1CCOCC1. The maximum atomic E-state index is 12.5. The highest BCUT2D eigenvalue weighted by molar-refractivity contribution is 14.1. The van der Waals surface area contributed by atoms with Crippen LogP contribution < -0.4 is 9.47 Å². The predicted molar refractivity (Wildman–Crippen MR) is 127 cm³/mol.